The van der Waals surface area contributed by atoms with E-state index >= 15 is 0 Å². The number of benzene rings is 1. The number of anilines is 1. The van der Waals surface area contributed by atoms with E-state index in [0.29, 0.717) is 42.4 Å². The lowest BCUT2D eigenvalue weighted by Crippen LogP contribution is -2.37. The lowest BCUT2D eigenvalue weighted by Gasteiger charge is -2.19. The minimum Gasteiger partial charge on any atom is -0.383 e. The SMILES string of the molecule is COCCN(C(=O)CCCn1cnc2c1c(=O)n(C)c(=O)n2C)c1nc2ccccc2s1. The Morgan fingerprint density at radius 2 is 1.97 bits per heavy atom. The van der Waals surface area contributed by atoms with Crippen LogP contribution in [0.5, 0.6) is 0 Å². The number of nitrogens with zero attached hydrogens (tertiary/aromatic N) is 6. The number of amides is 1. The number of aromatic nitrogens is 5. The Labute approximate surface area is 187 Å². The normalized spacial score (nSPS) is 11.5. The largest absolute Gasteiger partial charge is 0.383 e. The van der Waals surface area contributed by atoms with Gasteiger partial charge in [0.15, 0.2) is 16.3 Å². The van der Waals surface area contributed by atoms with E-state index in [-0.39, 0.29) is 12.3 Å². The predicted molar refractivity (Wildman–Crippen MR) is 123 cm³/mol. The molecule has 0 aliphatic heterocycles. The number of ether oxygens (including phenoxy) is 1. The Morgan fingerprint density at radius 1 is 1.19 bits per heavy atom. The number of thiazole rings is 1. The molecule has 1 amide bonds. The Hall–Kier alpha value is -3.31. The van der Waals surface area contributed by atoms with Crippen LogP contribution < -0.4 is 16.1 Å². The summed E-state index contributed by atoms with van der Waals surface area (Å²) < 4.78 is 10.3. The molecule has 3 aromatic heterocycles. The molecule has 0 saturated heterocycles. The van der Waals surface area contributed by atoms with Gasteiger partial charge in [-0.2, -0.15) is 0 Å². The zero-order valence-electron chi connectivity index (χ0n) is 18.1. The third kappa shape index (κ3) is 3.96. The van der Waals surface area contributed by atoms with Gasteiger partial charge in [-0.25, -0.2) is 14.8 Å². The first kappa shape index (κ1) is 21.9. The first-order valence-corrected chi connectivity index (χ1v) is 11.0. The molecule has 11 heteroatoms. The lowest BCUT2D eigenvalue weighted by atomic mass is 10.2. The van der Waals surface area contributed by atoms with Crippen LogP contribution >= 0.6 is 11.3 Å². The van der Waals surface area contributed by atoms with Crippen molar-refractivity contribution in [3.63, 3.8) is 0 Å². The molecule has 0 radical (unpaired) electrons. The highest BCUT2D eigenvalue weighted by atomic mass is 32.1. The van der Waals surface area contributed by atoms with Crippen LogP contribution in [0.2, 0.25) is 0 Å². The van der Waals surface area contributed by atoms with Gasteiger partial charge < -0.3 is 9.30 Å². The van der Waals surface area contributed by atoms with Gasteiger partial charge in [-0.1, -0.05) is 23.5 Å². The molecule has 10 nitrogen and oxygen atoms in total. The molecule has 4 aromatic rings. The van der Waals surface area contributed by atoms with Gasteiger partial charge >= 0.3 is 5.69 Å². The van der Waals surface area contributed by atoms with Gasteiger partial charge in [-0.15, -0.1) is 0 Å². The zero-order valence-corrected chi connectivity index (χ0v) is 19.0. The number of aryl methyl sites for hydroxylation is 2. The van der Waals surface area contributed by atoms with E-state index in [1.807, 2.05) is 24.3 Å². The van der Waals surface area contributed by atoms with Crippen LogP contribution in [0.4, 0.5) is 5.13 Å². The number of methoxy groups -OCH3 is 1. The van der Waals surface area contributed by atoms with Crippen LogP contribution in [0.3, 0.4) is 0 Å². The minimum absolute atomic E-state index is 0.0640. The van der Waals surface area contributed by atoms with Gasteiger partial charge in [-0.05, 0) is 18.6 Å². The molecule has 0 atom stereocenters. The fourth-order valence-corrected chi connectivity index (χ4v) is 4.60. The highest BCUT2D eigenvalue weighted by molar-refractivity contribution is 7.22. The summed E-state index contributed by atoms with van der Waals surface area (Å²) in [7, 11) is 4.62. The average Bonchev–Trinajstić information content (AvgIpc) is 3.41. The first-order chi connectivity index (χ1) is 15.4. The lowest BCUT2D eigenvalue weighted by molar-refractivity contribution is -0.118. The summed E-state index contributed by atoms with van der Waals surface area (Å²) in [6.45, 7) is 1.23. The van der Waals surface area contributed by atoms with Crippen LogP contribution in [-0.2, 0) is 30.2 Å². The summed E-state index contributed by atoms with van der Waals surface area (Å²) in [5.41, 5.74) is 0.717. The second-order valence-electron chi connectivity index (χ2n) is 7.42. The van der Waals surface area contributed by atoms with E-state index in [9.17, 15) is 14.4 Å². The van der Waals surface area contributed by atoms with Crippen molar-refractivity contribution in [2.24, 2.45) is 14.1 Å². The van der Waals surface area contributed by atoms with Crippen LogP contribution in [0.25, 0.3) is 21.4 Å². The Morgan fingerprint density at radius 3 is 2.72 bits per heavy atom. The molecule has 0 saturated carbocycles. The van der Waals surface area contributed by atoms with Gasteiger partial charge in [0.25, 0.3) is 5.56 Å². The van der Waals surface area contributed by atoms with Crippen molar-refractivity contribution < 1.29 is 9.53 Å². The number of rotatable bonds is 8. The summed E-state index contributed by atoms with van der Waals surface area (Å²) in [4.78, 5) is 48.2. The van der Waals surface area contributed by atoms with E-state index < -0.39 is 11.2 Å². The summed E-state index contributed by atoms with van der Waals surface area (Å²) in [6, 6.07) is 7.77. The number of fused-ring (bicyclic) bond motifs is 2. The molecule has 0 N–H and O–H groups in total. The second kappa shape index (κ2) is 9.05. The smallest absolute Gasteiger partial charge is 0.332 e. The topological polar surface area (TPSA) is 104 Å². The fraction of sp³-hybridized carbons (Fsp3) is 0.381. The molecule has 0 unspecified atom stereocenters. The van der Waals surface area contributed by atoms with Gasteiger partial charge in [0.2, 0.25) is 5.91 Å². The molecule has 0 bridgehead atoms. The average molecular weight is 457 g/mol. The van der Waals surface area contributed by atoms with Crippen LogP contribution in [0.15, 0.2) is 40.2 Å². The molecule has 0 aliphatic rings. The molecule has 4 rings (SSSR count). The molecule has 0 spiro atoms. The summed E-state index contributed by atoms with van der Waals surface area (Å²) >= 11 is 1.47. The number of imidazole rings is 1. The monoisotopic (exact) mass is 456 g/mol. The van der Waals surface area contributed by atoms with Crippen molar-refractivity contribution in [2.75, 3.05) is 25.2 Å². The predicted octanol–water partition coefficient (Wildman–Crippen LogP) is 1.50. The molecule has 1 aromatic carbocycles. The molecule has 168 valence electrons. The number of carbonyl (C=O) groups excluding carboxylic acids is 1. The van der Waals surface area contributed by atoms with Crippen LogP contribution in [-0.4, -0.2) is 49.8 Å². The van der Waals surface area contributed by atoms with Crippen molar-refractivity contribution in [2.45, 2.75) is 19.4 Å². The van der Waals surface area contributed by atoms with E-state index in [4.69, 9.17) is 4.74 Å². The van der Waals surface area contributed by atoms with Crippen molar-refractivity contribution in [3.05, 3.63) is 51.4 Å². The number of para-hydroxylation sites is 1. The van der Waals surface area contributed by atoms with Crippen LogP contribution in [0.1, 0.15) is 12.8 Å². The molecular formula is C21H24N6O4S. The summed E-state index contributed by atoms with van der Waals surface area (Å²) in [5, 5.41) is 0.644. The first-order valence-electron chi connectivity index (χ1n) is 10.2. The van der Waals surface area contributed by atoms with E-state index in [0.717, 1.165) is 14.8 Å². The van der Waals surface area contributed by atoms with E-state index in [1.54, 1.807) is 23.6 Å². The second-order valence-corrected chi connectivity index (χ2v) is 8.43. The van der Waals surface area contributed by atoms with Gasteiger partial charge in [-0.3, -0.25) is 23.6 Å². The third-order valence-electron chi connectivity index (χ3n) is 5.34. The van der Waals surface area contributed by atoms with Crippen molar-refractivity contribution in [1.29, 1.82) is 0 Å². The molecular weight excluding hydrogens is 432 g/mol. The molecule has 0 fully saturated rings. The third-order valence-corrected chi connectivity index (χ3v) is 6.40. The van der Waals surface area contributed by atoms with Gasteiger partial charge in [0.1, 0.15) is 0 Å². The maximum atomic E-state index is 13.0. The molecule has 0 aliphatic carbocycles. The van der Waals surface area contributed by atoms with Crippen molar-refractivity contribution in [3.8, 4) is 0 Å². The minimum atomic E-state index is -0.424. The number of hydrogen-bond donors (Lipinski definition) is 0. The summed E-state index contributed by atoms with van der Waals surface area (Å²) in [5.74, 6) is -0.0640. The van der Waals surface area contributed by atoms with Gasteiger partial charge in [0.05, 0.1) is 29.7 Å². The zero-order chi connectivity index (χ0) is 22.8. The Bertz CT molecular complexity index is 1370. The van der Waals surface area contributed by atoms with Gasteiger partial charge in [0, 0.05) is 34.2 Å². The Kier molecular flexibility index (Phi) is 6.19. The van der Waals surface area contributed by atoms with Crippen molar-refractivity contribution >= 4 is 43.8 Å². The molecule has 32 heavy (non-hydrogen) atoms. The maximum absolute atomic E-state index is 13.0. The maximum Gasteiger partial charge on any atom is 0.332 e. The highest BCUT2D eigenvalue weighted by Crippen LogP contribution is 2.29. The van der Waals surface area contributed by atoms with Crippen molar-refractivity contribution in [1.82, 2.24) is 23.7 Å². The highest BCUT2D eigenvalue weighted by Gasteiger charge is 2.20. The fourth-order valence-electron chi connectivity index (χ4n) is 3.59. The van der Waals surface area contributed by atoms with E-state index in [1.165, 1.54) is 29.3 Å². The summed E-state index contributed by atoms with van der Waals surface area (Å²) in [6.07, 6.45) is 2.31. The van der Waals surface area contributed by atoms with Crippen LogP contribution in [0, 0.1) is 0 Å². The quantitative estimate of drug-likeness (QED) is 0.398. The number of carbonyl (C=O) groups is 1. The standard InChI is InChI=1S/C21H24N6O4S/c1-24-18-17(19(29)25(2)21(24)30)26(13-22-18)10-6-9-16(28)27(11-12-31-3)20-23-14-7-4-5-8-15(14)32-20/h4-5,7-8,13H,6,9-12H2,1-3H3. The Balaban J connectivity index is 1.51. The number of hydrogen-bond acceptors (Lipinski definition) is 7. The van der Waals surface area contributed by atoms with E-state index in [2.05, 4.69) is 9.97 Å². The molecule has 3 heterocycles.